The zero-order valence-corrected chi connectivity index (χ0v) is 17.1. The second-order valence-electron chi connectivity index (χ2n) is 6.82. The maximum Gasteiger partial charge on any atom is 0.272 e. The number of fused-ring (bicyclic) bond motifs is 1. The van der Waals surface area contributed by atoms with Gasteiger partial charge in [0.05, 0.1) is 25.5 Å². The van der Waals surface area contributed by atoms with E-state index in [2.05, 4.69) is 15.6 Å². The Morgan fingerprint density at radius 3 is 2.35 bits per heavy atom. The summed E-state index contributed by atoms with van der Waals surface area (Å²) in [5.41, 5.74) is 2.51. The lowest BCUT2D eigenvalue weighted by atomic mass is 10.1. The lowest BCUT2D eigenvalue weighted by molar-refractivity contribution is 0.102. The molecule has 0 unspecified atom stereocenters. The van der Waals surface area contributed by atoms with E-state index in [1.807, 2.05) is 18.2 Å². The molecule has 7 nitrogen and oxygen atoms in total. The highest BCUT2D eigenvalue weighted by atomic mass is 16.5. The molecule has 3 aromatic carbocycles. The van der Waals surface area contributed by atoms with E-state index >= 15 is 0 Å². The van der Waals surface area contributed by atoms with Crippen LogP contribution in [0.3, 0.4) is 0 Å². The van der Waals surface area contributed by atoms with E-state index in [1.165, 1.54) is 0 Å². The van der Waals surface area contributed by atoms with Crippen molar-refractivity contribution in [2.45, 2.75) is 0 Å². The topological polar surface area (TPSA) is 92.5 Å². The maximum atomic E-state index is 12.8. The molecular weight excluding hydrogens is 394 g/mol. The molecule has 0 atom stereocenters. The smallest absolute Gasteiger partial charge is 0.272 e. The van der Waals surface area contributed by atoms with Crippen molar-refractivity contribution in [3.63, 3.8) is 0 Å². The first-order chi connectivity index (χ1) is 15.1. The Kier molecular flexibility index (Phi) is 5.57. The van der Waals surface area contributed by atoms with Crippen molar-refractivity contribution < 1.29 is 19.1 Å². The predicted molar refractivity (Wildman–Crippen MR) is 120 cm³/mol. The van der Waals surface area contributed by atoms with E-state index in [9.17, 15) is 9.59 Å². The molecule has 4 aromatic rings. The Morgan fingerprint density at radius 1 is 0.774 bits per heavy atom. The van der Waals surface area contributed by atoms with Gasteiger partial charge in [0.2, 0.25) is 0 Å². The SMILES string of the molecule is COc1cccc(NC(=O)c2ccccc2NC(=O)c2cc3ccc(OC)cc3[nH]2)c1. The Hall–Kier alpha value is -4.26. The van der Waals surface area contributed by atoms with Crippen molar-refractivity contribution in [2.24, 2.45) is 0 Å². The fourth-order valence-electron chi connectivity index (χ4n) is 3.23. The quantitative estimate of drug-likeness (QED) is 0.426. The molecule has 0 spiro atoms. The highest BCUT2D eigenvalue weighted by Gasteiger charge is 2.16. The van der Waals surface area contributed by atoms with E-state index in [4.69, 9.17) is 9.47 Å². The third-order valence-corrected chi connectivity index (χ3v) is 4.82. The maximum absolute atomic E-state index is 12.8. The molecule has 0 radical (unpaired) electrons. The van der Waals surface area contributed by atoms with Crippen molar-refractivity contribution in [2.75, 3.05) is 24.9 Å². The molecule has 0 aliphatic rings. The summed E-state index contributed by atoms with van der Waals surface area (Å²) in [6.45, 7) is 0. The average Bonchev–Trinajstić information content (AvgIpc) is 3.23. The van der Waals surface area contributed by atoms with Crippen LogP contribution in [0.1, 0.15) is 20.8 Å². The molecule has 2 amide bonds. The molecule has 7 heteroatoms. The molecule has 0 fully saturated rings. The first kappa shape index (κ1) is 20.0. The van der Waals surface area contributed by atoms with Gasteiger partial charge in [0.25, 0.3) is 11.8 Å². The van der Waals surface area contributed by atoms with Crippen LogP contribution in [0.5, 0.6) is 11.5 Å². The van der Waals surface area contributed by atoms with E-state index in [-0.39, 0.29) is 11.8 Å². The largest absolute Gasteiger partial charge is 0.497 e. The summed E-state index contributed by atoms with van der Waals surface area (Å²) in [6.07, 6.45) is 0. The third kappa shape index (κ3) is 4.35. The number of hydrogen-bond donors (Lipinski definition) is 3. The fraction of sp³-hybridized carbons (Fsp3) is 0.0833. The summed E-state index contributed by atoms with van der Waals surface area (Å²) in [5, 5.41) is 6.53. The number of nitrogens with one attached hydrogen (secondary N) is 3. The molecule has 1 heterocycles. The fourth-order valence-corrected chi connectivity index (χ4v) is 3.23. The van der Waals surface area contributed by atoms with Gasteiger partial charge in [-0.1, -0.05) is 18.2 Å². The number of aromatic amines is 1. The van der Waals surface area contributed by atoms with Crippen LogP contribution in [0.4, 0.5) is 11.4 Å². The van der Waals surface area contributed by atoms with Gasteiger partial charge < -0.3 is 25.1 Å². The Bertz CT molecular complexity index is 1260. The van der Waals surface area contributed by atoms with Crippen molar-refractivity contribution in [3.05, 3.63) is 84.1 Å². The molecule has 3 N–H and O–H groups in total. The molecule has 1 aromatic heterocycles. The predicted octanol–water partition coefficient (Wildman–Crippen LogP) is 4.69. The number of benzene rings is 3. The summed E-state index contributed by atoms with van der Waals surface area (Å²) < 4.78 is 10.4. The highest BCUT2D eigenvalue weighted by molar-refractivity contribution is 6.13. The van der Waals surface area contributed by atoms with Crippen molar-refractivity contribution in [1.82, 2.24) is 4.98 Å². The summed E-state index contributed by atoms with van der Waals surface area (Å²) >= 11 is 0. The molecule has 0 saturated heterocycles. The highest BCUT2D eigenvalue weighted by Crippen LogP contribution is 2.23. The lowest BCUT2D eigenvalue weighted by Gasteiger charge is -2.11. The van der Waals surface area contributed by atoms with Crippen LogP contribution in [0.2, 0.25) is 0 Å². The molecule has 0 bridgehead atoms. The normalized spacial score (nSPS) is 10.5. The van der Waals surface area contributed by atoms with Gasteiger partial charge in [-0.15, -0.1) is 0 Å². The summed E-state index contributed by atoms with van der Waals surface area (Å²) in [5.74, 6) is 0.637. The first-order valence-electron chi connectivity index (χ1n) is 9.60. The van der Waals surface area contributed by atoms with Gasteiger partial charge in [-0.25, -0.2) is 0 Å². The Morgan fingerprint density at radius 2 is 1.55 bits per heavy atom. The summed E-state index contributed by atoms with van der Waals surface area (Å²) in [6, 6.07) is 21.2. The number of carbonyl (C=O) groups is 2. The minimum absolute atomic E-state index is 0.342. The average molecular weight is 415 g/mol. The monoisotopic (exact) mass is 415 g/mol. The van der Waals surface area contributed by atoms with Gasteiger partial charge in [-0.05, 0) is 42.5 Å². The number of amides is 2. The van der Waals surface area contributed by atoms with E-state index < -0.39 is 0 Å². The number of para-hydroxylation sites is 1. The minimum Gasteiger partial charge on any atom is -0.497 e. The Balaban J connectivity index is 1.55. The van der Waals surface area contributed by atoms with E-state index in [0.717, 1.165) is 10.9 Å². The molecule has 0 saturated carbocycles. The van der Waals surface area contributed by atoms with Crippen LogP contribution in [-0.2, 0) is 0 Å². The summed E-state index contributed by atoms with van der Waals surface area (Å²) in [7, 11) is 3.15. The minimum atomic E-state index is -0.350. The first-order valence-corrected chi connectivity index (χ1v) is 9.60. The van der Waals surface area contributed by atoms with Crippen LogP contribution in [0, 0.1) is 0 Å². The van der Waals surface area contributed by atoms with Gasteiger partial charge in [0, 0.05) is 28.7 Å². The summed E-state index contributed by atoms with van der Waals surface area (Å²) in [4.78, 5) is 28.8. The van der Waals surface area contributed by atoms with Crippen LogP contribution in [-0.4, -0.2) is 31.0 Å². The number of aromatic nitrogens is 1. The molecular formula is C24H21N3O4. The number of anilines is 2. The molecule has 0 aliphatic heterocycles. The van der Waals surface area contributed by atoms with Gasteiger partial charge in [0.1, 0.15) is 17.2 Å². The second-order valence-corrected chi connectivity index (χ2v) is 6.82. The molecule has 4 rings (SSSR count). The van der Waals surface area contributed by atoms with Gasteiger partial charge in [0.15, 0.2) is 0 Å². The number of methoxy groups -OCH3 is 2. The van der Waals surface area contributed by atoms with Crippen LogP contribution in [0.25, 0.3) is 10.9 Å². The van der Waals surface area contributed by atoms with Gasteiger partial charge in [-0.2, -0.15) is 0 Å². The lowest BCUT2D eigenvalue weighted by Crippen LogP contribution is -2.18. The number of hydrogen-bond acceptors (Lipinski definition) is 4. The molecule has 0 aliphatic carbocycles. The van der Waals surface area contributed by atoms with E-state index in [0.29, 0.717) is 34.1 Å². The second kappa shape index (κ2) is 8.62. The number of ether oxygens (including phenoxy) is 2. The Labute approximate surface area is 179 Å². The zero-order chi connectivity index (χ0) is 21.8. The van der Waals surface area contributed by atoms with Crippen molar-refractivity contribution in [3.8, 4) is 11.5 Å². The van der Waals surface area contributed by atoms with Crippen molar-refractivity contribution in [1.29, 1.82) is 0 Å². The molecule has 156 valence electrons. The van der Waals surface area contributed by atoms with Crippen molar-refractivity contribution >= 4 is 34.1 Å². The standard InChI is InChI=1S/C24H21N3O4/c1-30-17-7-5-6-16(13-17)25-23(28)19-8-3-4-9-20(19)27-24(29)22-12-15-10-11-18(31-2)14-21(15)26-22/h3-14,26H,1-2H3,(H,25,28)(H,27,29). The number of H-pyrrole nitrogens is 1. The van der Waals surface area contributed by atoms with Crippen LogP contribution >= 0.6 is 0 Å². The number of carbonyl (C=O) groups excluding carboxylic acids is 2. The molecule has 31 heavy (non-hydrogen) atoms. The zero-order valence-electron chi connectivity index (χ0n) is 17.1. The van der Waals surface area contributed by atoms with Crippen LogP contribution < -0.4 is 20.1 Å². The number of rotatable bonds is 6. The van der Waals surface area contributed by atoms with Gasteiger partial charge in [-0.3, -0.25) is 9.59 Å². The third-order valence-electron chi connectivity index (χ3n) is 4.82. The van der Waals surface area contributed by atoms with E-state index in [1.54, 1.807) is 68.8 Å². The van der Waals surface area contributed by atoms with Gasteiger partial charge >= 0.3 is 0 Å². The van der Waals surface area contributed by atoms with Crippen LogP contribution in [0.15, 0.2) is 72.8 Å².